The fraction of sp³-hybridized carbons (Fsp3) is 1.00. The Labute approximate surface area is 77.1 Å². The lowest BCUT2D eigenvalue weighted by atomic mass is 9.86. The van der Waals surface area contributed by atoms with E-state index in [1.54, 1.807) is 0 Å². The third kappa shape index (κ3) is 2.01. The molecule has 0 N–H and O–H groups in total. The highest BCUT2D eigenvalue weighted by Gasteiger charge is 2.38. The van der Waals surface area contributed by atoms with Crippen LogP contribution in [0.15, 0.2) is 0 Å². The molecule has 0 unspecified atom stereocenters. The molecular formula is C11H23N. The second kappa shape index (κ2) is 4.27. The maximum absolute atomic E-state index is 2.49. The zero-order valence-corrected chi connectivity index (χ0v) is 8.90. The molecule has 0 aromatic heterocycles. The molecule has 2 fully saturated rings. The molecule has 0 aromatic rings. The van der Waals surface area contributed by atoms with Crippen molar-refractivity contribution in [1.29, 1.82) is 0 Å². The highest BCUT2D eigenvalue weighted by Crippen LogP contribution is 2.44. The second-order valence-corrected chi connectivity index (χ2v) is 4.19. The summed E-state index contributed by atoms with van der Waals surface area (Å²) >= 11 is 0. The number of hydrogen-bond donors (Lipinski definition) is 0. The summed E-state index contributed by atoms with van der Waals surface area (Å²) in [6, 6.07) is 0. The van der Waals surface area contributed by atoms with Crippen LogP contribution in [0.2, 0.25) is 0 Å². The fourth-order valence-electron chi connectivity index (χ4n) is 2.69. The summed E-state index contributed by atoms with van der Waals surface area (Å²) in [7, 11) is 2.26. The van der Waals surface area contributed by atoms with Crippen molar-refractivity contribution in [3.63, 3.8) is 0 Å². The molecule has 1 saturated heterocycles. The normalized spacial score (nSPS) is 27.2. The molecule has 12 heavy (non-hydrogen) atoms. The summed E-state index contributed by atoms with van der Waals surface area (Å²) in [5, 5.41) is 0. The molecule has 2 rings (SSSR count). The minimum absolute atomic E-state index is 0.786. The third-order valence-corrected chi connectivity index (χ3v) is 3.29. The largest absolute Gasteiger partial charge is 0.306 e. The molecule has 1 spiro atoms. The first kappa shape index (κ1) is 10.0. The van der Waals surface area contributed by atoms with E-state index >= 15 is 0 Å². The Balaban J connectivity index is 0.000000336. The van der Waals surface area contributed by atoms with E-state index in [9.17, 15) is 0 Å². The monoisotopic (exact) mass is 169 g/mol. The van der Waals surface area contributed by atoms with Crippen LogP contribution in [0, 0.1) is 5.41 Å². The van der Waals surface area contributed by atoms with Crippen LogP contribution in [-0.4, -0.2) is 25.0 Å². The summed E-state index contributed by atoms with van der Waals surface area (Å²) in [5.74, 6) is 0. The van der Waals surface area contributed by atoms with Crippen molar-refractivity contribution < 1.29 is 0 Å². The minimum atomic E-state index is 0.786. The Morgan fingerprint density at radius 2 is 1.58 bits per heavy atom. The average molecular weight is 169 g/mol. The van der Waals surface area contributed by atoms with E-state index in [0.717, 1.165) is 5.41 Å². The molecule has 1 heteroatoms. The van der Waals surface area contributed by atoms with Crippen LogP contribution in [-0.2, 0) is 0 Å². The molecule has 1 saturated carbocycles. The van der Waals surface area contributed by atoms with Crippen LogP contribution < -0.4 is 0 Å². The molecule has 0 amide bonds. The molecule has 1 heterocycles. The topological polar surface area (TPSA) is 3.24 Å². The second-order valence-electron chi connectivity index (χ2n) is 4.19. The van der Waals surface area contributed by atoms with Crippen LogP contribution in [0.1, 0.15) is 46.0 Å². The molecule has 1 aliphatic heterocycles. The van der Waals surface area contributed by atoms with Gasteiger partial charge in [0.1, 0.15) is 0 Å². The lowest BCUT2D eigenvalue weighted by Crippen LogP contribution is -2.21. The summed E-state index contributed by atoms with van der Waals surface area (Å²) in [5.41, 5.74) is 0.786. The molecule has 0 radical (unpaired) electrons. The van der Waals surface area contributed by atoms with Crippen molar-refractivity contribution in [1.82, 2.24) is 4.90 Å². The van der Waals surface area contributed by atoms with Gasteiger partial charge in [-0.2, -0.15) is 0 Å². The van der Waals surface area contributed by atoms with Gasteiger partial charge in [-0.1, -0.05) is 26.7 Å². The number of rotatable bonds is 0. The van der Waals surface area contributed by atoms with Crippen molar-refractivity contribution in [3.05, 3.63) is 0 Å². The molecule has 1 aliphatic carbocycles. The first-order valence-electron chi connectivity index (χ1n) is 5.49. The maximum Gasteiger partial charge on any atom is 0.00354 e. The highest BCUT2D eigenvalue weighted by atomic mass is 15.1. The Morgan fingerprint density at radius 1 is 1.00 bits per heavy atom. The smallest absolute Gasteiger partial charge is 0.00354 e. The lowest BCUT2D eigenvalue weighted by molar-refractivity contribution is 0.289. The Bertz CT molecular complexity index is 125. The van der Waals surface area contributed by atoms with Crippen LogP contribution in [0.25, 0.3) is 0 Å². The van der Waals surface area contributed by atoms with Crippen molar-refractivity contribution in [2.75, 3.05) is 20.1 Å². The summed E-state index contributed by atoms with van der Waals surface area (Å²) < 4.78 is 0. The van der Waals surface area contributed by atoms with E-state index in [0.29, 0.717) is 0 Å². The van der Waals surface area contributed by atoms with Gasteiger partial charge in [0.15, 0.2) is 0 Å². The molecule has 2 aliphatic rings. The van der Waals surface area contributed by atoms with Crippen LogP contribution in [0.5, 0.6) is 0 Å². The van der Waals surface area contributed by atoms with E-state index < -0.39 is 0 Å². The Hall–Kier alpha value is -0.0400. The number of nitrogens with zero attached hydrogens (tertiary/aromatic N) is 1. The lowest BCUT2D eigenvalue weighted by Gasteiger charge is -2.21. The van der Waals surface area contributed by atoms with Crippen LogP contribution in [0.4, 0.5) is 0 Å². The van der Waals surface area contributed by atoms with Crippen LogP contribution >= 0.6 is 0 Å². The molecule has 0 atom stereocenters. The number of likely N-dealkylation sites (tertiary alicyclic amines) is 1. The standard InChI is InChI=1S/C9H17N.C2H6/c1-10-7-6-9(8-10)4-2-3-5-9;1-2/h2-8H2,1H3;1-2H3. The zero-order valence-electron chi connectivity index (χ0n) is 8.90. The summed E-state index contributed by atoms with van der Waals surface area (Å²) in [6.07, 6.45) is 7.49. The predicted molar refractivity (Wildman–Crippen MR) is 54.4 cm³/mol. The molecule has 72 valence electrons. The van der Waals surface area contributed by atoms with Gasteiger partial charge in [-0.05, 0) is 38.3 Å². The molecule has 0 aromatic carbocycles. The summed E-state index contributed by atoms with van der Waals surface area (Å²) in [6.45, 7) is 6.73. The average Bonchev–Trinajstić information content (AvgIpc) is 2.68. The van der Waals surface area contributed by atoms with Crippen molar-refractivity contribution in [2.24, 2.45) is 5.41 Å². The Kier molecular flexibility index (Phi) is 3.57. The van der Waals surface area contributed by atoms with E-state index in [-0.39, 0.29) is 0 Å². The van der Waals surface area contributed by atoms with Gasteiger partial charge in [0.05, 0.1) is 0 Å². The van der Waals surface area contributed by atoms with E-state index in [1.807, 2.05) is 13.8 Å². The van der Waals surface area contributed by atoms with Crippen molar-refractivity contribution in [3.8, 4) is 0 Å². The van der Waals surface area contributed by atoms with Crippen LogP contribution in [0.3, 0.4) is 0 Å². The molecular weight excluding hydrogens is 146 g/mol. The predicted octanol–water partition coefficient (Wildman–Crippen LogP) is 2.91. The van der Waals surface area contributed by atoms with Gasteiger partial charge in [0.25, 0.3) is 0 Å². The van der Waals surface area contributed by atoms with E-state index in [2.05, 4.69) is 11.9 Å². The van der Waals surface area contributed by atoms with Crippen molar-refractivity contribution >= 4 is 0 Å². The molecule has 0 bridgehead atoms. The van der Waals surface area contributed by atoms with Crippen molar-refractivity contribution in [2.45, 2.75) is 46.0 Å². The first-order chi connectivity index (χ1) is 5.81. The van der Waals surface area contributed by atoms with Gasteiger partial charge < -0.3 is 4.90 Å². The SMILES string of the molecule is CC.CN1CCC2(CCCC2)C1. The first-order valence-corrected chi connectivity index (χ1v) is 5.49. The Morgan fingerprint density at radius 3 is 2.00 bits per heavy atom. The van der Waals surface area contributed by atoms with Gasteiger partial charge in [-0.3, -0.25) is 0 Å². The quantitative estimate of drug-likeness (QED) is 0.539. The van der Waals surface area contributed by atoms with Gasteiger partial charge in [-0.15, -0.1) is 0 Å². The van der Waals surface area contributed by atoms with E-state index in [1.165, 1.54) is 45.2 Å². The van der Waals surface area contributed by atoms with E-state index in [4.69, 9.17) is 0 Å². The maximum atomic E-state index is 2.49. The minimum Gasteiger partial charge on any atom is -0.306 e. The van der Waals surface area contributed by atoms with Gasteiger partial charge >= 0.3 is 0 Å². The fourth-order valence-corrected chi connectivity index (χ4v) is 2.69. The zero-order chi connectivity index (χ0) is 9.03. The summed E-state index contributed by atoms with van der Waals surface area (Å²) in [4.78, 5) is 2.49. The van der Waals surface area contributed by atoms with Gasteiger partial charge in [0, 0.05) is 6.54 Å². The van der Waals surface area contributed by atoms with Gasteiger partial charge in [0.2, 0.25) is 0 Å². The molecule has 1 nitrogen and oxygen atoms in total. The van der Waals surface area contributed by atoms with Gasteiger partial charge in [-0.25, -0.2) is 0 Å². The number of hydrogen-bond acceptors (Lipinski definition) is 1. The highest BCUT2D eigenvalue weighted by molar-refractivity contribution is 4.91. The third-order valence-electron chi connectivity index (χ3n) is 3.29.